The number of aryl methyl sites for hydroxylation is 1. The van der Waals surface area contributed by atoms with Crippen molar-refractivity contribution in [3.05, 3.63) is 53.1 Å². The van der Waals surface area contributed by atoms with Gasteiger partial charge in [0.05, 0.1) is 11.1 Å². The number of hydrogen-bond acceptors (Lipinski definition) is 4. The number of hydrogen-bond donors (Lipinski definition) is 1. The maximum absolute atomic E-state index is 12.6. The summed E-state index contributed by atoms with van der Waals surface area (Å²) >= 11 is 0. The molecule has 0 spiro atoms. The van der Waals surface area contributed by atoms with Crippen LogP contribution < -0.4 is 4.74 Å². The van der Waals surface area contributed by atoms with Gasteiger partial charge in [0, 0.05) is 6.26 Å². The van der Waals surface area contributed by atoms with E-state index < -0.39 is 27.5 Å². The first-order valence-corrected chi connectivity index (χ1v) is 8.72. The van der Waals surface area contributed by atoms with Crippen LogP contribution in [0.15, 0.2) is 41.3 Å². The highest BCUT2D eigenvalue weighted by Gasteiger charge is 2.30. The summed E-state index contributed by atoms with van der Waals surface area (Å²) < 4.78 is 66.9. The highest BCUT2D eigenvalue weighted by molar-refractivity contribution is 7.90. The zero-order valence-corrected chi connectivity index (χ0v) is 13.9. The first-order valence-electron chi connectivity index (χ1n) is 6.82. The van der Waals surface area contributed by atoms with Crippen LogP contribution >= 0.6 is 0 Å². The minimum atomic E-state index is -4.50. The number of ether oxygens (including phenoxy) is 1. The van der Waals surface area contributed by atoms with E-state index in [-0.39, 0.29) is 27.5 Å². The zero-order valence-electron chi connectivity index (χ0n) is 13.1. The fourth-order valence-electron chi connectivity index (χ4n) is 2.10. The molecule has 134 valence electrons. The Kier molecular flexibility index (Phi) is 4.81. The average Bonchev–Trinajstić information content (AvgIpc) is 2.45. The minimum Gasteiger partial charge on any atom is -0.478 e. The van der Waals surface area contributed by atoms with Crippen LogP contribution in [-0.4, -0.2) is 25.7 Å². The number of aromatic carboxylic acids is 1. The molecule has 0 aliphatic heterocycles. The number of halogens is 3. The van der Waals surface area contributed by atoms with E-state index in [1.54, 1.807) is 0 Å². The second-order valence-electron chi connectivity index (χ2n) is 5.32. The van der Waals surface area contributed by atoms with Crippen molar-refractivity contribution < 1.29 is 36.2 Å². The van der Waals surface area contributed by atoms with Gasteiger partial charge in [-0.15, -0.1) is 0 Å². The average molecular weight is 374 g/mol. The highest BCUT2D eigenvalue weighted by Crippen LogP contribution is 2.34. The lowest BCUT2D eigenvalue weighted by Gasteiger charge is -2.13. The Bertz CT molecular complexity index is 916. The van der Waals surface area contributed by atoms with E-state index in [1.165, 1.54) is 13.0 Å². The van der Waals surface area contributed by atoms with Crippen LogP contribution in [0.1, 0.15) is 21.5 Å². The van der Waals surface area contributed by atoms with Crippen molar-refractivity contribution in [3.63, 3.8) is 0 Å². The van der Waals surface area contributed by atoms with Gasteiger partial charge in [0.1, 0.15) is 16.4 Å². The molecule has 0 saturated heterocycles. The summed E-state index contributed by atoms with van der Waals surface area (Å²) in [6, 6.07) is 5.89. The van der Waals surface area contributed by atoms with Crippen LogP contribution in [0.4, 0.5) is 13.2 Å². The van der Waals surface area contributed by atoms with Crippen LogP contribution in [0.2, 0.25) is 0 Å². The molecule has 0 amide bonds. The van der Waals surface area contributed by atoms with Crippen molar-refractivity contribution >= 4 is 15.8 Å². The fraction of sp³-hybridized carbons (Fsp3) is 0.188. The molecule has 25 heavy (non-hydrogen) atoms. The predicted octanol–water partition coefficient (Wildman–Crippen LogP) is 3.91. The van der Waals surface area contributed by atoms with Gasteiger partial charge in [0.2, 0.25) is 0 Å². The topological polar surface area (TPSA) is 80.7 Å². The molecule has 0 heterocycles. The molecule has 9 heteroatoms. The van der Waals surface area contributed by atoms with E-state index in [2.05, 4.69) is 0 Å². The Morgan fingerprint density at radius 1 is 1.12 bits per heavy atom. The van der Waals surface area contributed by atoms with E-state index in [4.69, 9.17) is 9.84 Å². The molecule has 0 aliphatic carbocycles. The second kappa shape index (κ2) is 6.40. The number of carboxylic acid groups (broad SMARTS) is 1. The van der Waals surface area contributed by atoms with E-state index >= 15 is 0 Å². The highest BCUT2D eigenvalue weighted by atomic mass is 32.2. The lowest BCUT2D eigenvalue weighted by Crippen LogP contribution is -2.07. The maximum Gasteiger partial charge on any atom is 0.416 e. The largest absolute Gasteiger partial charge is 0.478 e. The van der Waals surface area contributed by atoms with Crippen LogP contribution in [0.3, 0.4) is 0 Å². The van der Waals surface area contributed by atoms with Gasteiger partial charge in [0.25, 0.3) is 0 Å². The molecule has 0 atom stereocenters. The predicted molar refractivity (Wildman–Crippen MR) is 82.8 cm³/mol. The SMILES string of the molecule is Cc1cc(Oc2ccc(C(F)(F)F)cc2)c(S(C)(=O)=O)cc1C(=O)O. The monoisotopic (exact) mass is 374 g/mol. The van der Waals surface area contributed by atoms with E-state index in [0.717, 1.165) is 36.6 Å². The number of benzene rings is 2. The van der Waals surface area contributed by atoms with E-state index in [9.17, 15) is 26.4 Å². The molecule has 2 rings (SSSR count). The van der Waals surface area contributed by atoms with Gasteiger partial charge in [-0.2, -0.15) is 13.2 Å². The Balaban J connectivity index is 2.49. The maximum atomic E-state index is 12.6. The summed E-state index contributed by atoms with van der Waals surface area (Å²) in [7, 11) is -3.83. The summed E-state index contributed by atoms with van der Waals surface area (Å²) in [5.74, 6) is -1.48. The second-order valence-corrected chi connectivity index (χ2v) is 7.30. The van der Waals surface area contributed by atoms with Crippen LogP contribution in [-0.2, 0) is 16.0 Å². The van der Waals surface area contributed by atoms with Crippen molar-refractivity contribution in [2.45, 2.75) is 18.0 Å². The van der Waals surface area contributed by atoms with Gasteiger partial charge in [0.15, 0.2) is 9.84 Å². The van der Waals surface area contributed by atoms with Gasteiger partial charge >= 0.3 is 12.1 Å². The molecule has 0 saturated carbocycles. The Morgan fingerprint density at radius 3 is 2.12 bits per heavy atom. The third kappa shape index (κ3) is 4.30. The van der Waals surface area contributed by atoms with E-state index in [1.807, 2.05) is 0 Å². The molecule has 0 fully saturated rings. The van der Waals surface area contributed by atoms with Crippen molar-refractivity contribution in [3.8, 4) is 11.5 Å². The van der Waals surface area contributed by atoms with Gasteiger partial charge in [-0.25, -0.2) is 13.2 Å². The quantitative estimate of drug-likeness (QED) is 0.878. The molecule has 2 aromatic carbocycles. The van der Waals surface area contributed by atoms with Crippen molar-refractivity contribution in [2.75, 3.05) is 6.26 Å². The number of rotatable bonds is 4. The number of carboxylic acids is 1. The van der Waals surface area contributed by atoms with Crippen molar-refractivity contribution in [1.82, 2.24) is 0 Å². The van der Waals surface area contributed by atoms with Crippen molar-refractivity contribution in [2.24, 2.45) is 0 Å². The first kappa shape index (κ1) is 18.8. The number of alkyl halides is 3. The third-order valence-electron chi connectivity index (χ3n) is 3.33. The molecule has 2 aromatic rings. The molecule has 0 unspecified atom stereocenters. The third-order valence-corrected chi connectivity index (χ3v) is 4.45. The summed E-state index contributed by atoms with van der Waals surface area (Å²) in [6.45, 7) is 1.45. The molecule has 0 bridgehead atoms. The van der Waals surface area contributed by atoms with Crippen LogP contribution in [0.5, 0.6) is 11.5 Å². The first-order chi connectivity index (χ1) is 11.4. The fourth-order valence-corrected chi connectivity index (χ4v) is 2.90. The molecule has 1 N–H and O–H groups in total. The van der Waals surface area contributed by atoms with Gasteiger partial charge in [-0.05, 0) is 48.9 Å². The van der Waals surface area contributed by atoms with Crippen LogP contribution in [0.25, 0.3) is 0 Å². The zero-order chi connectivity index (χ0) is 19.0. The lowest BCUT2D eigenvalue weighted by molar-refractivity contribution is -0.137. The summed E-state index contributed by atoms with van der Waals surface area (Å²) in [4.78, 5) is 10.8. The Hall–Kier alpha value is -2.55. The molecular weight excluding hydrogens is 361 g/mol. The molecule has 5 nitrogen and oxygen atoms in total. The van der Waals surface area contributed by atoms with Gasteiger partial charge < -0.3 is 9.84 Å². The lowest BCUT2D eigenvalue weighted by atomic mass is 10.1. The number of sulfone groups is 1. The van der Waals surface area contributed by atoms with Gasteiger partial charge in [-0.1, -0.05) is 0 Å². The number of carbonyl (C=O) groups is 1. The minimum absolute atomic E-state index is 0.0135. The Labute approximate surface area is 141 Å². The summed E-state index contributed by atoms with van der Waals surface area (Å²) in [5, 5.41) is 9.10. The van der Waals surface area contributed by atoms with Crippen molar-refractivity contribution in [1.29, 1.82) is 0 Å². The molecular formula is C16H13F3O5S. The van der Waals surface area contributed by atoms with E-state index in [0.29, 0.717) is 0 Å². The normalized spacial score (nSPS) is 12.0. The molecule has 0 aliphatic rings. The van der Waals surface area contributed by atoms with Gasteiger partial charge in [-0.3, -0.25) is 0 Å². The Morgan fingerprint density at radius 2 is 1.68 bits per heavy atom. The summed E-state index contributed by atoms with van der Waals surface area (Å²) in [5.41, 5.74) is -0.831. The van der Waals surface area contributed by atoms with Crippen LogP contribution in [0, 0.1) is 6.92 Å². The standard InChI is InChI=1S/C16H13F3O5S/c1-9-7-13(14(25(2,22)23)8-12(9)15(20)21)24-11-5-3-10(4-6-11)16(17,18)19/h3-8H,1-2H3,(H,20,21). The smallest absolute Gasteiger partial charge is 0.416 e. The molecule has 0 radical (unpaired) electrons. The summed E-state index contributed by atoms with van der Waals surface area (Å²) in [6.07, 6.45) is -3.63. The molecule has 0 aromatic heterocycles.